The fraction of sp³-hybridized carbons (Fsp3) is 1.00. The van der Waals surface area contributed by atoms with E-state index in [-0.39, 0.29) is 6.42 Å². The predicted molar refractivity (Wildman–Crippen MR) is 89.4 cm³/mol. The maximum Gasteiger partial charge on any atom is 0.500 e. The molecule has 0 N–H and O–H groups in total. The van der Waals surface area contributed by atoms with Crippen molar-refractivity contribution in [1.29, 1.82) is 0 Å². The molecule has 0 aromatic rings. The second kappa shape index (κ2) is 10.5. The lowest BCUT2D eigenvalue weighted by molar-refractivity contribution is -0.367. The number of alkyl halides is 8. The van der Waals surface area contributed by atoms with Crippen molar-refractivity contribution in [1.82, 2.24) is 0 Å². The van der Waals surface area contributed by atoms with Gasteiger partial charge < -0.3 is 13.3 Å². The molecule has 3 nitrogen and oxygen atoms in total. The first-order chi connectivity index (χ1) is 12.7. The lowest BCUT2D eigenvalue weighted by atomic mass is 9.93. The molecule has 0 saturated heterocycles. The Balaban J connectivity index is 5.31. The molecule has 0 heterocycles. The van der Waals surface area contributed by atoms with Gasteiger partial charge in [0.1, 0.15) is 0 Å². The standard InChI is InChI=1S/C16H28F8O3Si/c1-5-6-7-8-9-10-13(17,18)15(21,22)16(23,24)14(19,20)11-12-28(25-2,26-3)27-4/h5-12H2,1-4H3. The molecule has 0 aliphatic heterocycles. The second-order valence-corrected chi connectivity index (χ2v) is 9.61. The third-order valence-electron chi connectivity index (χ3n) is 4.59. The minimum Gasteiger partial charge on any atom is -0.377 e. The normalized spacial score (nSPS) is 14.6. The summed E-state index contributed by atoms with van der Waals surface area (Å²) in [7, 11) is -0.758. The fourth-order valence-electron chi connectivity index (χ4n) is 2.59. The van der Waals surface area contributed by atoms with Crippen LogP contribution in [0.2, 0.25) is 6.04 Å². The van der Waals surface area contributed by atoms with Gasteiger partial charge >= 0.3 is 32.5 Å². The molecular formula is C16H28F8O3Si. The monoisotopic (exact) mass is 448 g/mol. The van der Waals surface area contributed by atoms with E-state index in [1.165, 1.54) is 0 Å². The van der Waals surface area contributed by atoms with Crippen molar-refractivity contribution in [2.45, 2.75) is 81.6 Å². The molecule has 0 amide bonds. The third kappa shape index (κ3) is 6.02. The Morgan fingerprint density at radius 3 is 1.39 bits per heavy atom. The first-order valence-corrected chi connectivity index (χ1v) is 10.8. The van der Waals surface area contributed by atoms with E-state index in [0.717, 1.165) is 27.8 Å². The average Bonchev–Trinajstić information content (AvgIpc) is 2.62. The van der Waals surface area contributed by atoms with Crippen molar-refractivity contribution in [3.05, 3.63) is 0 Å². The summed E-state index contributed by atoms with van der Waals surface area (Å²) in [5, 5.41) is 0. The summed E-state index contributed by atoms with van der Waals surface area (Å²) in [5.74, 6) is -23.2. The van der Waals surface area contributed by atoms with E-state index in [4.69, 9.17) is 13.3 Å². The van der Waals surface area contributed by atoms with Crippen LogP contribution < -0.4 is 0 Å². The molecule has 0 aromatic carbocycles. The topological polar surface area (TPSA) is 27.7 Å². The van der Waals surface area contributed by atoms with Crippen molar-refractivity contribution < 1.29 is 48.4 Å². The molecule has 0 saturated carbocycles. The highest BCUT2D eigenvalue weighted by atomic mass is 28.4. The number of unbranched alkanes of at least 4 members (excludes halogenated alkanes) is 4. The van der Waals surface area contributed by atoms with E-state index in [9.17, 15) is 35.1 Å². The number of hydrogen-bond acceptors (Lipinski definition) is 3. The highest BCUT2D eigenvalue weighted by Crippen LogP contribution is 2.55. The van der Waals surface area contributed by atoms with Gasteiger partial charge in [-0.25, -0.2) is 0 Å². The molecule has 0 radical (unpaired) electrons. The largest absolute Gasteiger partial charge is 0.500 e. The smallest absolute Gasteiger partial charge is 0.377 e. The minimum atomic E-state index is -6.28. The molecule has 0 aromatic heterocycles. The van der Waals surface area contributed by atoms with Gasteiger partial charge in [0.2, 0.25) is 0 Å². The van der Waals surface area contributed by atoms with Gasteiger partial charge in [-0.3, -0.25) is 0 Å². The predicted octanol–water partition coefficient (Wildman–Crippen LogP) is 6.16. The summed E-state index contributed by atoms with van der Waals surface area (Å²) in [4.78, 5) is 0. The molecule has 0 atom stereocenters. The summed E-state index contributed by atoms with van der Waals surface area (Å²) in [5.41, 5.74) is 0. The summed E-state index contributed by atoms with van der Waals surface area (Å²) in [6.45, 7) is 1.83. The molecule has 12 heteroatoms. The van der Waals surface area contributed by atoms with Crippen LogP contribution in [-0.2, 0) is 13.3 Å². The Bertz CT molecular complexity index is 451. The highest BCUT2D eigenvalue weighted by Gasteiger charge is 2.79. The number of hydrogen-bond donors (Lipinski definition) is 0. The van der Waals surface area contributed by atoms with Crippen LogP contribution in [0.15, 0.2) is 0 Å². The van der Waals surface area contributed by atoms with Gasteiger partial charge in [-0.2, -0.15) is 35.1 Å². The van der Waals surface area contributed by atoms with Gasteiger partial charge in [-0.15, -0.1) is 0 Å². The van der Waals surface area contributed by atoms with E-state index in [0.29, 0.717) is 12.8 Å². The van der Waals surface area contributed by atoms with Gasteiger partial charge in [-0.1, -0.05) is 32.6 Å². The Morgan fingerprint density at radius 2 is 1.00 bits per heavy atom. The molecule has 0 fully saturated rings. The summed E-state index contributed by atoms with van der Waals surface area (Å²) < 4.78 is 125. The number of rotatable bonds is 15. The van der Waals surface area contributed by atoms with Gasteiger partial charge in [0.15, 0.2) is 0 Å². The molecule has 0 unspecified atom stereocenters. The van der Waals surface area contributed by atoms with Crippen LogP contribution in [-0.4, -0.2) is 53.8 Å². The zero-order valence-corrected chi connectivity index (χ0v) is 17.4. The van der Waals surface area contributed by atoms with E-state index >= 15 is 0 Å². The third-order valence-corrected chi connectivity index (χ3v) is 7.31. The van der Waals surface area contributed by atoms with Gasteiger partial charge in [0, 0.05) is 40.2 Å². The van der Waals surface area contributed by atoms with E-state index in [1.807, 2.05) is 6.92 Å². The Kier molecular flexibility index (Phi) is 10.4. The van der Waals surface area contributed by atoms with Gasteiger partial charge in [0.05, 0.1) is 0 Å². The van der Waals surface area contributed by atoms with E-state index in [2.05, 4.69) is 0 Å². The zero-order valence-electron chi connectivity index (χ0n) is 16.4. The van der Waals surface area contributed by atoms with Crippen molar-refractivity contribution in [2.75, 3.05) is 21.3 Å². The van der Waals surface area contributed by atoms with Gasteiger partial charge in [-0.05, 0) is 6.42 Å². The maximum atomic E-state index is 13.9. The van der Waals surface area contributed by atoms with Crippen LogP contribution in [0.25, 0.3) is 0 Å². The van der Waals surface area contributed by atoms with Crippen molar-refractivity contribution >= 4 is 8.80 Å². The fourth-order valence-corrected chi connectivity index (χ4v) is 4.32. The SMILES string of the molecule is CCCCCCCC(F)(F)C(F)(F)C(F)(F)C(F)(F)CC[Si](OC)(OC)OC. The Morgan fingerprint density at radius 1 is 0.607 bits per heavy atom. The van der Waals surface area contributed by atoms with Crippen molar-refractivity contribution in [3.63, 3.8) is 0 Å². The van der Waals surface area contributed by atoms with Crippen LogP contribution in [0.4, 0.5) is 35.1 Å². The van der Waals surface area contributed by atoms with Crippen LogP contribution in [0, 0.1) is 0 Å². The quantitative estimate of drug-likeness (QED) is 0.171. The molecular weight excluding hydrogens is 420 g/mol. The first-order valence-electron chi connectivity index (χ1n) is 8.87. The lowest BCUT2D eigenvalue weighted by Crippen LogP contribution is -2.62. The van der Waals surface area contributed by atoms with Gasteiger partial charge in [0.25, 0.3) is 0 Å². The molecule has 0 bridgehead atoms. The van der Waals surface area contributed by atoms with Crippen LogP contribution >= 0.6 is 0 Å². The average molecular weight is 448 g/mol. The molecule has 0 aliphatic rings. The van der Waals surface area contributed by atoms with Crippen molar-refractivity contribution in [3.8, 4) is 0 Å². The van der Waals surface area contributed by atoms with E-state index in [1.54, 1.807) is 0 Å². The molecule has 170 valence electrons. The summed E-state index contributed by atoms with van der Waals surface area (Å²) in [6.07, 6.45) is -1.95. The number of halogens is 8. The highest BCUT2D eigenvalue weighted by molar-refractivity contribution is 6.60. The van der Waals surface area contributed by atoms with Crippen LogP contribution in [0.1, 0.15) is 51.9 Å². The molecule has 28 heavy (non-hydrogen) atoms. The van der Waals surface area contributed by atoms with Crippen LogP contribution in [0.5, 0.6) is 0 Å². The lowest BCUT2D eigenvalue weighted by Gasteiger charge is -2.37. The first kappa shape index (κ1) is 27.5. The van der Waals surface area contributed by atoms with Crippen LogP contribution in [0.3, 0.4) is 0 Å². The Hall–Kier alpha value is -0.463. The molecule has 0 spiro atoms. The second-order valence-electron chi connectivity index (χ2n) is 6.52. The molecule has 0 aliphatic carbocycles. The summed E-state index contributed by atoms with van der Waals surface area (Å²) in [6, 6.07) is -0.961. The Labute approximate surface area is 161 Å². The minimum absolute atomic E-state index is 0.116. The maximum absolute atomic E-state index is 13.9. The summed E-state index contributed by atoms with van der Waals surface area (Å²) >= 11 is 0. The zero-order chi connectivity index (χ0) is 22.3. The van der Waals surface area contributed by atoms with Crippen molar-refractivity contribution in [2.24, 2.45) is 0 Å². The molecule has 0 rings (SSSR count). The van der Waals surface area contributed by atoms with E-state index < -0.39 is 57.8 Å².